The van der Waals surface area contributed by atoms with E-state index in [1.54, 1.807) is 37.3 Å². The van der Waals surface area contributed by atoms with E-state index in [4.69, 9.17) is 14.2 Å². The lowest BCUT2D eigenvalue weighted by atomic mass is 9.94. The number of Topliss-reactive ketones (excluding diaryl/α,β-unsaturated/α-hetero) is 1. The Morgan fingerprint density at radius 1 is 0.974 bits per heavy atom. The molecular formula is C30H31NO7. The molecule has 8 heteroatoms. The van der Waals surface area contributed by atoms with Crippen LogP contribution in [0.25, 0.3) is 5.76 Å². The number of aliphatic hydroxyl groups excluding tert-OH is 1. The summed E-state index contributed by atoms with van der Waals surface area (Å²) in [5, 5.41) is 21.5. The summed E-state index contributed by atoms with van der Waals surface area (Å²) in [4.78, 5) is 27.6. The van der Waals surface area contributed by atoms with Gasteiger partial charge in [0.25, 0.3) is 11.7 Å². The molecule has 198 valence electrons. The van der Waals surface area contributed by atoms with E-state index < -0.39 is 17.7 Å². The highest BCUT2D eigenvalue weighted by Gasteiger charge is 2.46. The van der Waals surface area contributed by atoms with Crippen LogP contribution in [0.1, 0.15) is 35.2 Å². The molecule has 2 N–H and O–H groups in total. The maximum absolute atomic E-state index is 13.2. The number of likely N-dealkylation sites (tertiary alicyclic amines) is 1. The first kappa shape index (κ1) is 26.8. The molecule has 1 fully saturated rings. The Morgan fingerprint density at radius 3 is 2.42 bits per heavy atom. The van der Waals surface area contributed by atoms with Gasteiger partial charge in [-0.25, -0.2) is 0 Å². The van der Waals surface area contributed by atoms with Crippen LogP contribution in [-0.4, -0.2) is 53.7 Å². The lowest BCUT2D eigenvalue weighted by molar-refractivity contribution is -0.140. The molecule has 38 heavy (non-hydrogen) atoms. The van der Waals surface area contributed by atoms with E-state index in [-0.39, 0.29) is 36.0 Å². The van der Waals surface area contributed by atoms with Crippen LogP contribution in [0.4, 0.5) is 0 Å². The molecule has 3 aromatic carbocycles. The average Bonchev–Trinajstić information content (AvgIpc) is 3.17. The third-order valence-corrected chi connectivity index (χ3v) is 6.36. The number of aryl methyl sites for hydroxylation is 1. The Morgan fingerprint density at radius 2 is 1.74 bits per heavy atom. The molecular weight excluding hydrogens is 486 g/mol. The molecule has 0 bridgehead atoms. The highest BCUT2D eigenvalue weighted by atomic mass is 16.5. The molecule has 1 heterocycles. The van der Waals surface area contributed by atoms with Crippen molar-refractivity contribution in [2.75, 3.05) is 26.9 Å². The van der Waals surface area contributed by atoms with E-state index in [1.165, 1.54) is 18.1 Å². The van der Waals surface area contributed by atoms with E-state index in [1.807, 2.05) is 37.3 Å². The van der Waals surface area contributed by atoms with Crippen molar-refractivity contribution in [1.29, 1.82) is 0 Å². The number of phenols is 1. The van der Waals surface area contributed by atoms with Crippen LogP contribution in [0.5, 0.6) is 17.2 Å². The molecule has 8 nitrogen and oxygen atoms in total. The topological polar surface area (TPSA) is 106 Å². The number of hydrogen-bond acceptors (Lipinski definition) is 7. The maximum Gasteiger partial charge on any atom is 0.295 e. The SMILES string of the molecule is CCOc1cc(C2/C(=C(/O)c3ccc(OCc4ccccc4)c(C)c3)C(=O)C(=O)N2CCOC)ccc1O. The van der Waals surface area contributed by atoms with Crippen molar-refractivity contribution >= 4 is 17.4 Å². The van der Waals surface area contributed by atoms with Gasteiger partial charge in [-0.1, -0.05) is 36.4 Å². The van der Waals surface area contributed by atoms with Gasteiger partial charge in [0.15, 0.2) is 11.5 Å². The van der Waals surface area contributed by atoms with Crippen LogP contribution in [0, 0.1) is 6.92 Å². The lowest BCUT2D eigenvalue weighted by Gasteiger charge is -2.25. The standard InChI is InChI=1S/C30H31NO7/c1-4-37-25-17-21(10-12-23(25)32)27-26(29(34)30(35)31(27)14-15-36-3)28(33)22-11-13-24(19(2)16-22)38-18-20-8-6-5-7-9-20/h5-13,16-17,27,32-33H,4,14-15,18H2,1-3H3/b28-26-. The number of carbonyl (C=O) groups is 2. The number of ketones is 1. The zero-order valence-electron chi connectivity index (χ0n) is 21.6. The van der Waals surface area contributed by atoms with Gasteiger partial charge in [0.05, 0.1) is 24.8 Å². The van der Waals surface area contributed by atoms with Crippen LogP contribution in [-0.2, 0) is 20.9 Å². The second kappa shape index (κ2) is 11.8. The van der Waals surface area contributed by atoms with Gasteiger partial charge in [-0.3, -0.25) is 9.59 Å². The summed E-state index contributed by atoms with van der Waals surface area (Å²) in [5.74, 6) is -1.03. The molecule has 0 radical (unpaired) electrons. The molecule has 1 aliphatic heterocycles. The molecule has 1 atom stereocenters. The molecule has 1 amide bonds. The predicted octanol–water partition coefficient (Wildman–Crippen LogP) is 4.75. The van der Waals surface area contributed by atoms with Crippen molar-refractivity contribution < 1.29 is 34.0 Å². The summed E-state index contributed by atoms with van der Waals surface area (Å²) in [5.41, 5.74) is 2.64. The van der Waals surface area contributed by atoms with Gasteiger partial charge in [0.2, 0.25) is 0 Å². The Bertz CT molecular complexity index is 1350. The van der Waals surface area contributed by atoms with Gasteiger partial charge in [0.1, 0.15) is 18.1 Å². The zero-order valence-corrected chi connectivity index (χ0v) is 21.6. The zero-order chi connectivity index (χ0) is 27.2. The molecule has 0 aromatic heterocycles. The van der Waals surface area contributed by atoms with E-state index in [0.717, 1.165) is 11.1 Å². The lowest BCUT2D eigenvalue weighted by Crippen LogP contribution is -2.32. The van der Waals surface area contributed by atoms with E-state index >= 15 is 0 Å². The smallest absolute Gasteiger partial charge is 0.295 e. The van der Waals surface area contributed by atoms with Gasteiger partial charge in [-0.05, 0) is 60.9 Å². The van der Waals surface area contributed by atoms with Gasteiger partial charge < -0.3 is 29.3 Å². The predicted molar refractivity (Wildman–Crippen MR) is 142 cm³/mol. The molecule has 1 saturated heterocycles. The molecule has 4 rings (SSSR count). The first-order valence-electron chi connectivity index (χ1n) is 12.4. The summed E-state index contributed by atoms with van der Waals surface area (Å²) in [6, 6.07) is 18.6. The normalized spacial score (nSPS) is 16.6. The van der Waals surface area contributed by atoms with Crippen LogP contribution >= 0.6 is 0 Å². The summed E-state index contributed by atoms with van der Waals surface area (Å²) in [7, 11) is 1.50. The van der Waals surface area contributed by atoms with Crippen LogP contribution in [0.2, 0.25) is 0 Å². The molecule has 1 unspecified atom stereocenters. The van der Waals surface area contributed by atoms with Crippen LogP contribution in [0.3, 0.4) is 0 Å². The largest absolute Gasteiger partial charge is 0.507 e. The fourth-order valence-electron chi connectivity index (χ4n) is 4.47. The molecule has 0 aliphatic carbocycles. The first-order chi connectivity index (χ1) is 18.3. The number of carbonyl (C=O) groups excluding carboxylic acids is 2. The Hall–Kier alpha value is -4.30. The second-order valence-corrected chi connectivity index (χ2v) is 8.90. The third-order valence-electron chi connectivity index (χ3n) is 6.36. The number of aromatic hydroxyl groups is 1. The first-order valence-corrected chi connectivity index (χ1v) is 12.4. The second-order valence-electron chi connectivity index (χ2n) is 8.90. The monoisotopic (exact) mass is 517 g/mol. The van der Waals surface area contributed by atoms with E-state index in [0.29, 0.717) is 30.1 Å². The fourth-order valence-corrected chi connectivity index (χ4v) is 4.47. The Kier molecular flexibility index (Phi) is 8.33. The number of amides is 1. The minimum absolute atomic E-state index is 0.0448. The summed E-state index contributed by atoms with van der Waals surface area (Å²) >= 11 is 0. The van der Waals surface area contributed by atoms with Crippen molar-refractivity contribution in [3.63, 3.8) is 0 Å². The quantitative estimate of drug-likeness (QED) is 0.227. The summed E-state index contributed by atoms with van der Waals surface area (Å²) < 4.78 is 16.6. The van der Waals surface area contributed by atoms with Crippen molar-refractivity contribution in [2.24, 2.45) is 0 Å². The van der Waals surface area contributed by atoms with Crippen molar-refractivity contribution in [2.45, 2.75) is 26.5 Å². The highest BCUT2D eigenvalue weighted by molar-refractivity contribution is 6.46. The van der Waals surface area contributed by atoms with Gasteiger partial charge in [0, 0.05) is 19.2 Å². The van der Waals surface area contributed by atoms with Crippen LogP contribution in [0.15, 0.2) is 72.3 Å². The minimum Gasteiger partial charge on any atom is -0.507 e. The van der Waals surface area contributed by atoms with E-state index in [9.17, 15) is 19.8 Å². The minimum atomic E-state index is -0.890. The number of rotatable bonds is 10. The molecule has 0 saturated carbocycles. The Labute approximate surface area is 221 Å². The maximum atomic E-state index is 13.2. The number of benzene rings is 3. The number of phenolic OH excluding ortho intramolecular Hbond substituents is 1. The molecule has 0 spiro atoms. The van der Waals surface area contributed by atoms with Gasteiger partial charge in [-0.15, -0.1) is 0 Å². The average molecular weight is 518 g/mol. The fraction of sp³-hybridized carbons (Fsp3) is 0.267. The third kappa shape index (κ3) is 5.50. The van der Waals surface area contributed by atoms with Crippen LogP contribution < -0.4 is 9.47 Å². The highest BCUT2D eigenvalue weighted by Crippen LogP contribution is 2.42. The van der Waals surface area contributed by atoms with Gasteiger partial charge in [-0.2, -0.15) is 0 Å². The molecule has 1 aliphatic rings. The number of methoxy groups -OCH3 is 1. The number of hydrogen-bond donors (Lipinski definition) is 2. The number of aliphatic hydroxyl groups is 1. The van der Waals surface area contributed by atoms with Crippen molar-refractivity contribution in [3.8, 4) is 17.2 Å². The van der Waals surface area contributed by atoms with Gasteiger partial charge >= 0.3 is 0 Å². The van der Waals surface area contributed by atoms with Crippen molar-refractivity contribution in [1.82, 2.24) is 4.90 Å². The number of ether oxygens (including phenoxy) is 3. The van der Waals surface area contributed by atoms with E-state index in [2.05, 4.69) is 0 Å². The number of nitrogens with zero attached hydrogens (tertiary/aromatic N) is 1. The Balaban J connectivity index is 1.73. The summed E-state index contributed by atoms with van der Waals surface area (Å²) in [6.45, 7) is 4.68. The van der Waals surface area contributed by atoms with Crippen molar-refractivity contribution in [3.05, 3.63) is 94.6 Å². The molecule has 3 aromatic rings. The summed E-state index contributed by atoms with van der Waals surface area (Å²) in [6.07, 6.45) is 0.